The van der Waals surface area contributed by atoms with Crippen LogP contribution in [0.3, 0.4) is 0 Å². The summed E-state index contributed by atoms with van der Waals surface area (Å²) in [5.74, 6) is 2.02. The van der Waals surface area contributed by atoms with Crippen LogP contribution in [0.15, 0.2) is 109 Å². The Morgan fingerprint density at radius 1 is 0.441 bits per heavy atom. The second kappa shape index (κ2) is 9.03. The lowest BCUT2D eigenvalue weighted by Gasteiger charge is -2.26. The minimum atomic E-state index is -0.101. The predicted molar refractivity (Wildman–Crippen MR) is 139 cm³/mol. The lowest BCUT2D eigenvalue weighted by atomic mass is 9.78. The van der Waals surface area contributed by atoms with Gasteiger partial charge in [0.25, 0.3) is 0 Å². The maximum Gasteiger partial charge on any atom is 0.164 e. The molecule has 0 aliphatic rings. The number of aryl methyl sites for hydroxylation is 1. The average molecular weight is 442 g/mol. The smallest absolute Gasteiger partial charge is 0.164 e. The SMILES string of the molecule is Cc1ccc(C(C)(C)c2ccc(-c3nc(-c4ccccc4)nc(-c4ccccc4)n3)cc2)cc1. The summed E-state index contributed by atoms with van der Waals surface area (Å²) in [6, 6.07) is 37.5. The third-order valence-electron chi connectivity index (χ3n) is 6.34. The molecule has 1 aromatic heterocycles. The highest BCUT2D eigenvalue weighted by atomic mass is 15.0. The van der Waals surface area contributed by atoms with Gasteiger partial charge in [-0.15, -0.1) is 0 Å². The van der Waals surface area contributed by atoms with E-state index in [0.717, 1.165) is 16.7 Å². The van der Waals surface area contributed by atoms with Crippen LogP contribution in [0.2, 0.25) is 0 Å². The number of benzene rings is 4. The van der Waals surface area contributed by atoms with Crippen LogP contribution < -0.4 is 0 Å². The van der Waals surface area contributed by atoms with Crippen molar-refractivity contribution in [3.8, 4) is 34.2 Å². The Kier molecular flexibility index (Phi) is 5.77. The average Bonchev–Trinajstić information content (AvgIpc) is 2.90. The first kappa shape index (κ1) is 21.7. The van der Waals surface area contributed by atoms with Crippen molar-refractivity contribution in [2.24, 2.45) is 0 Å². The van der Waals surface area contributed by atoms with Crippen molar-refractivity contribution in [2.75, 3.05) is 0 Å². The largest absolute Gasteiger partial charge is 0.208 e. The van der Waals surface area contributed by atoms with Gasteiger partial charge in [-0.1, -0.05) is 129 Å². The summed E-state index contributed by atoms with van der Waals surface area (Å²) in [4.78, 5) is 14.5. The monoisotopic (exact) mass is 441 g/mol. The van der Waals surface area contributed by atoms with Crippen LogP contribution in [0.4, 0.5) is 0 Å². The summed E-state index contributed by atoms with van der Waals surface area (Å²) in [7, 11) is 0. The molecule has 0 fully saturated rings. The molecule has 5 aromatic rings. The Morgan fingerprint density at radius 2 is 0.794 bits per heavy atom. The molecule has 4 aromatic carbocycles. The minimum Gasteiger partial charge on any atom is -0.208 e. The van der Waals surface area contributed by atoms with E-state index in [1.54, 1.807) is 0 Å². The van der Waals surface area contributed by atoms with Gasteiger partial charge in [-0.25, -0.2) is 15.0 Å². The van der Waals surface area contributed by atoms with Gasteiger partial charge in [-0.2, -0.15) is 0 Å². The van der Waals surface area contributed by atoms with Gasteiger partial charge in [0.2, 0.25) is 0 Å². The fourth-order valence-corrected chi connectivity index (χ4v) is 4.11. The summed E-state index contributed by atoms with van der Waals surface area (Å²) in [5.41, 5.74) is 6.63. The molecule has 1 heterocycles. The highest BCUT2D eigenvalue weighted by Crippen LogP contribution is 2.33. The maximum atomic E-state index is 4.84. The first-order valence-electron chi connectivity index (χ1n) is 11.6. The first-order chi connectivity index (χ1) is 16.5. The van der Waals surface area contributed by atoms with E-state index in [2.05, 4.69) is 69.3 Å². The molecule has 0 aliphatic carbocycles. The second-order valence-electron chi connectivity index (χ2n) is 9.11. The molecule has 0 amide bonds. The normalized spacial score (nSPS) is 11.4. The van der Waals surface area contributed by atoms with Crippen molar-refractivity contribution in [1.82, 2.24) is 15.0 Å². The summed E-state index contributed by atoms with van der Waals surface area (Å²) >= 11 is 0. The number of hydrogen-bond acceptors (Lipinski definition) is 3. The van der Waals surface area contributed by atoms with E-state index >= 15 is 0 Å². The molecule has 0 bridgehead atoms. The molecule has 0 spiro atoms. The van der Waals surface area contributed by atoms with Gasteiger partial charge in [0, 0.05) is 22.1 Å². The van der Waals surface area contributed by atoms with Crippen LogP contribution >= 0.6 is 0 Å². The Morgan fingerprint density at radius 3 is 1.21 bits per heavy atom. The fraction of sp³-hybridized carbons (Fsp3) is 0.129. The number of rotatable bonds is 5. The third-order valence-corrected chi connectivity index (χ3v) is 6.34. The second-order valence-corrected chi connectivity index (χ2v) is 9.11. The quantitative estimate of drug-likeness (QED) is 0.283. The summed E-state index contributed by atoms with van der Waals surface area (Å²) < 4.78 is 0. The third kappa shape index (κ3) is 4.38. The van der Waals surface area contributed by atoms with Crippen molar-refractivity contribution in [2.45, 2.75) is 26.2 Å². The van der Waals surface area contributed by atoms with Crippen molar-refractivity contribution < 1.29 is 0 Å². The summed E-state index contributed by atoms with van der Waals surface area (Å²) in [6.45, 7) is 6.64. The van der Waals surface area contributed by atoms with Crippen LogP contribution in [0.1, 0.15) is 30.5 Å². The topological polar surface area (TPSA) is 38.7 Å². The highest BCUT2D eigenvalue weighted by Gasteiger charge is 2.23. The molecule has 0 saturated heterocycles. The number of aromatic nitrogens is 3. The standard InChI is InChI=1S/C31H27N3/c1-22-14-18-26(19-15-22)31(2,3)27-20-16-25(17-21-27)30-33-28(23-10-6-4-7-11-23)32-29(34-30)24-12-8-5-9-13-24/h4-21H,1-3H3. The lowest BCUT2D eigenvalue weighted by molar-refractivity contribution is 0.641. The molecule has 3 nitrogen and oxygen atoms in total. The highest BCUT2D eigenvalue weighted by molar-refractivity contribution is 5.66. The minimum absolute atomic E-state index is 0.101. The molecule has 0 radical (unpaired) electrons. The molecule has 5 rings (SSSR count). The van der Waals surface area contributed by atoms with Crippen molar-refractivity contribution in [1.29, 1.82) is 0 Å². The Bertz CT molecular complexity index is 1330. The molecular formula is C31H27N3. The van der Waals surface area contributed by atoms with Gasteiger partial charge in [-0.3, -0.25) is 0 Å². The Balaban J connectivity index is 1.56. The molecule has 0 N–H and O–H groups in total. The van der Waals surface area contributed by atoms with Gasteiger partial charge in [0.05, 0.1) is 0 Å². The van der Waals surface area contributed by atoms with Crippen LogP contribution in [-0.4, -0.2) is 15.0 Å². The fourth-order valence-electron chi connectivity index (χ4n) is 4.11. The lowest BCUT2D eigenvalue weighted by Crippen LogP contribution is -2.18. The molecule has 0 atom stereocenters. The zero-order valence-electron chi connectivity index (χ0n) is 19.7. The Labute approximate surface area is 201 Å². The van der Waals surface area contributed by atoms with Gasteiger partial charge in [-0.05, 0) is 18.1 Å². The Hall–Kier alpha value is -4.11. The molecule has 34 heavy (non-hydrogen) atoms. The number of nitrogens with zero attached hydrogens (tertiary/aromatic N) is 3. The summed E-state index contributed by atoms with van der Waals surface area (Å²) in [6.07, 6.45) is 0. The van der Waals surface area contributed by atoms with E-state index in [1.807, 2.05) is 60.7 Å². The molecule has 3 heteroatoms. The zero-order chi connectivity index (χ0) is 23.5. The van der Waals surface area contributed by atoms with E-state index in [9.17, 15) is 0 Å². The molecular weight excluding hydrogens is 414 g/mol. The van der Waals surface area contributed by atoms with Gasteiger partial charge in [0.15, 0.2) is 17.5 Å². The molecule has 166 valence electrons. The van der Waals surface area contributed by atoms with E-state index in [-0.39, 0.29) is 5.41 Å². The number of hydrogen-bond donors (Lipinski definition) is 0. The van der Waals surface area contributed by atoms with E-state index < -0.39 is 0 Å². The molecule has 0 saturated carbocycles. The van der Waals surface area contributed by atoms with Crippen LogP contribution in [-0.2, 0) is 5.41 Å². The van der Waals surface area contributed by atoms with Crippen LogP contribution in [0, 0.1) is 6.92 Å². The first-order valence-corrected chi connectivity index (χ1v) is 11.6. The van der Waals surface area contributed by atoms with Crippen molar-refractivity contribution in [3.05, 3.63) is 126 Å². The van der Waals surface area contributed by atoms with Crippen LogP contribution in [0.5, 0.6) is 0 Å². The van der Waals surface area contributed by atoms with Gasteiger partial charge < -0.3 is 0 Å². The van der Waals surface area contributed by atoms with Gasteiger partial charge >= 0.3 is 0 Å². The maximum absolute atomic E-state index is 4.84. The van der Waals surface area contributed by atoms with Crippen molar-refractivity contribution in [3.63, 3.8) is 0 Å². The molecule has 0 aliphatic heterocycles. The van der Waals surface area contributed by atoms with Crippen LogP contribution in [0.25, 0.3) is 34.2 Å². The van der Waals surface area contributed by atoms with Crippen molar-refractivity contribution >= 4 is 0 Å². The predicted octanol–water partition coefficient (Wildman–Crippen LogP) is 7.51. The molecule has 0 unspecified atom stereocenters. The van der Waals surface area contributed by atoms with Gasteiger partial charge in [0.1, 0.15) is 0 Å². The van der Waals surface area contributed by atoms with E-state index in [0.29, 0.717) is 17.5 Å². The zero-order valence-corrected chi connectivity index (χ0v) is 19.7. The van der Waals surface area contributed by atoms with E-state index in [4.69, 9.17) is 15.0 Å². The summed E-state index contributed by atoms with van der Waals surface area (Å²) in [5, 5.41) is 0. The van der Waals surface area contributed by atoms with E-state index in [1.165, 1.54) is 16.7 Å².